The Morgan fingerprint density at radius 3 is 2.21 bits per heavy atom. The Kier molecular flexibility index (Phi) is 7.08. The van der Waals surface area contributed by atoms with Gasteiger partial charge in [0.25, 0.3) is 0 Å². The van der Waals surface area contributed by atoms with E-state index in [1.807, 2.05) is 60.7 Å². The zero-order valence-corrected chi connectivity index (χ0v) is 21.8. The summed E-state index contributed by atoms with van der Waals surface area (Å²) in [5.74, 6) is 0.150. The Morgan fingerprint density at radius 2 is 1.59 bits per heavy atom. The normalized spacial score (nSPS) is 14.5. The summed E-state index contributed by atoms with van der Waals surface area (Å²) in [5, 5.41) is 13.7. The second-order valence-electron chi connectivity index (χ2n) is 9.82. The van der Waals surface area contributed by atoms with Crippen LogP contribution in [0.3, 0.4) is 0 Å². The van der Waals surface area contributed by atoms with Crippen LogP contribution in [-0.2, 0) is 5.60 Å². The van der Waals surface area contributed by atoms with Crippen LogP contribution in [0, 0.1) is 0 Å². The first-order valence-corrected chi connectivity index (χ1v) is 12.3. The average molecular weight is 520 g/mol. The van der Waals surface area contributed by atoms with Crippen LogP contribution in [0.2, 0.25) is 0 Å². The summed E-state index contributed by atoms with van der Waals surface area (Å²) in [5.41, 5.74) is 2.44. The number of methoxy groups -OCH3 is 1. The number of hydrogen-bond acceptors (Lipinski definition) is 3. The van der Waals surface area contributed by atoms with Crippen molar-refractivity contribution in [3.05, 3.63) is 106 Å². The number of aromatic nitrogens is 1. The summed E-state index contributed by atoms with van der Waals surface area (Å²) < 4.78 is 7.56. The van der Waals surface area contributed by atoms with Gasteiger partial charge in [-0.05, 0) is 35.4 Å². The van der Waals surface area contributed by atoms with Crippen molar-refractivity contribution in [2.75, 3.05) is 34.8 Å². The molecule has 2 unspecified atom stereocenters. The number of nitrogens with zero attached hydrogens (tertiary/aromatic N) is 2. The third kappa shape index (κ3) is 5.17. The molecule has 1 heterocycles. The largest absolute Gasteiger partial charge is 0.481 e. The van der Waals surface area contributed by atoms with Gasteiger partial charge in [0.05, 0.1) is 40.3 Å². The summed E-state index contributed by atoms with van der Waals surface area (Å²) in [6, 6.07) is 28.3. The zero-order valence-electron chi connectivity index (χ0n) is 20.2. The van der Waals surface area contributed by atoms with Crippen molar-refractivity contribution in [3.8, 4) is 5.88 Å². The fourth-order valence-corrected chi connectivity index (χ4v) is 4.94. The third-order valence-electron chi connectivity index (χ3n) is 6.32. The number of fused-ring (bicyclic) bond motifs is 1. The Labute approximate surface area is 210 Å². The molecule has 0 aliphatic rings. The van der Waals surface area contributed by atoms with E-state index >= 15 is 0 Å². The molecular weight excluding hydrogens is 488 g/mol. The van der Waals surface area contributed by atoms with E-state index in [4.69, 9.17) is 9.72 Å². The van der Waals surface area contributed by atoms with Crippen LogP contribution in [0.4, 0.5) is 0 Å². The maximum Gasteiger partial charge on any atom is 0.217 e. The van der Waals surface area contributed by atoms with Gasteiger partial charge in [0.1, 0.15) is 5.60 Å². The van der Waals surface area contributed by atoms with Crippen LogP contribution in [-0.4, -0.2) is 49.4 Å². The molecule has 2 atom stereocenters. The molecule has 0 aliphatic heterocycles. The molecule has 4 nitrogen and oxygen atoms in total. The molecule has 5 heteroatoms. The maximum absolute atomic E-state index is 12.7. The third-order valence-corrected chi connectivity index (χ3v) is 6.82. The number of ether oxygens (including phenoxy) is 1. The molecule has 0 fully saturated rings. The lowest BCUT2D eigenvalue weighted by molar-refractivity contribution is -0.871. The van der Waals surface area contributed by atoms with Crippen LogP contribution in [0.15, 0.2) is 89.4 Å². The predicted molar refractivity (Wildman–Crippen MR) is 142 cm³/mol. The lowest BCUT2D eigenvalue weighted by Gasteiger charge is -2.39. The van der Waals surface area contributed by atoms with Gasteiger partial charge < -0.3 is 14.3 Å². The van der Waals surface area contributed by atoms with Gasteiger partial charge >= 0.3 is 0 Å². The number of halogens is 1. The fraction of sp³-hybridized carbons (Fsp3) is 0.276. The van der Waals surface area contributed by atoms with Crippen molar-refractivity contribution in [1.29, 1.82) is 0 Å². The molecule has 0 aliphatic carbocycles. The van der Waals surface area contributed by atoms with Gasteiger partial charge in [0.15, 0.2) is 0 Å². The average Bonchev–Trinajstić information content (AvgIpc) is 2.83. The van der Waals surface area contributed by atoms with Crippen molar-refractivity contribution in [2.45, 2.75) is 17.9 Å². The lowest BCUT2D eigenvalue weighted by atomic mass is 9.71. The van der Waals surface area contributed by atoms with E-state index in [-0.39, 0.29) is 5.92 Å². The van der Waals surface area contributed by atoms with E-state index in [0.717, 1.165) is 43.1 Å². The number of hydrogen-bond donors (Lipinski definition) is 1. The molecule has 0 amide bonds. The summed E-state index contributed by atoms with van der Waals surface area (Å²) >= 11 is 3.59. The molecule has 0 bridgehead atoms. The minimum absolute atomic E-state index is 0.381. The highest BCUT2D eigenvalue weighted by molar-refractivity contribution is 9.10. The highest BCUT2D eigenvalue weighted by atomic mass is 79.9. The molecule has 1 aromatic heterocycles. The first-order valence-electron chi connectivity index (χ1n) is 11.5. The molecule has 34 heavy (non-hydrogen) atoms. The maximum atomic E-state index is 12.7. The number of pyridine rings is 1. The fourth-order valence-electron chi connectivity index (χ4n) is 4.56. The van der Waals surface area contributed by atoms with Crippen molar-refractivity contribution >= 4 is 26.8 Å². The van der Waals surface area contributed by atoms with Crippen LogP contribution >= 0.6 is 15.9 Å². The monoisotopic (exact) mass is 519 g/mol. The molecule has 0 saturated heterocycles. The number of benzene rings is 3. The molecule has 1 N–H and O–H groups in total. The van der Waals surface area contributed by atoms with Gasteiger partial charge in [-0.3, -0.25) is 0 Å². The van der Waals surface area contributed by atoms with Crippen LogP contribution in [0.1, 0.15) is 29.0 Å². The van der Waals surface area contributed by atoms with Crippen molar-refractivity contribution in [2.24, 2.45) is 0 Å². The van der Waals surface area contributed by atoms with Gasteiger partial charge in [-0.1, -0.05) is 76.6 Å². The number of quaternary nitrogens is 1. The first-order chi connectivity index (χ1) is 16.2. The minimum Gasteiger partial charge on any atom is -0.481 e. The van der Waals surface area contributed by atoms with Crippen molar-refractivity contribution in [1.82, 2.24) is 4.98 Å². The Balaban J connectivity index is 2.00. The van der Waals surface area contributed by atoms with Gasteiger partial charge in [-0.25, -0.2) is 4.98 Å². The quantitative estimate of drug-likeness (QED) is 0.285. The Morgan fingerprint density at radius 1 is 0.941 bits per heavy atom. The number of aliphatic hydroxyl groups is 1. The first kappa shape index (κ1) is 24.4. The van der Waals surface area contributed by atoms with E-state index in [9.17, 15) is 5.11 Å². The zero-order chi connectivity index (χ0) is 24.3. The highest BCUT2D eigenvalue weighted by Crippen LogP contribution is 2.47. The van der Waals surface area contributed by atoms with Gasteiger partial charge in [0.2, 0.25) is 5.88 Å². The van der Waals surface area contributed by atoms with E-state index < -0.39 is 5.60 Å². The van der Waals surface area contributed by atoms with Gasteiger partial charge in [-0.15, -0.1) is 0 Å². The molecular formula is C29H32BrN2O2+. The smallest absolute Gasteiger partial charge is 0.217 e. The predicted octanol–water partition coefficient (Wildman–Crippen LogP) is 6.12. The summed E-state index contributed by atoms with van der Waals surface area (Å²) in [4.78, 5) is 4.84. The summed E-state index contributed by atoms with van der Waals surface area (Å²) in [6.45, 7) is 0.795. The van der Waals surface area contributed by atoms with Crippen LogP contribution < -0.4 is 4.74 Å². The standard InChI is InChI=1S/C29H32BrN2O2/c1-32(2,3)18-17-29(33,23-13-9-6-10-14-23)27(21-11-7-5-8-12-21)25-20-22-19-24(30)15-16-26(22)31-28(25)34-4/h5-16,19-20,27,33H,17-18H2,1-4H3/q+1. The molecule has 4 aromatic rings. The van der Waals surface area contributed by atoms with Crippen LogP contribution in [0.5, 0.6) is 5.88 Å². The second kappa shape index (κ2) is 9.87. The summed E-state index contributed by atoms with van der Waals surface area (Å²) in [6.07, 6.45) is 0.569. The van der Waals surface area contributed by atoms with E-state index in [1.54, 1.807) is 7.11 Å². The van der Waals surface area contributed by atoms with E-state index in [0.29, 0.717) is 12.3 Å². The molecule has 0 spiro atoms. The number of rotatable bonds is 8. The molecule has 176 valence electrons. The van der Waals surface area contributed by atoms with Gasteiger partial charge in [0, 0.05) is 27.8 Å². The topological polar surface area (TPSA) is 42.4 Å². The van der Waals surface area contributed by atoms with Gasteiger partial charge in [-0.2, -0.15) is 0 Å². The second-order valence-corrected chi connectivity index (χ2v) is 10.7. The Hall–Kier alpha value is -2.73. The lowest BCUT2D eigenvalue weighted by Crippen LogP contribution is -2.43. The van der Waals surface area contributed by atoms with E-state index in [1.165, 1.54) is 0 Å². The van der Waals surface area contributed by atoms with E-state index in [2.05, 4.69) is 61.3 Å². The van der Waals surface area contributed by atoms with Crippen molar-refractivity contribution in [3.63, 3.8) is 0 Å². The minimum atomic E-state index is -1.18. The molecule has 3 aromatic carbocycles. The Bertz CT molecular complexity index is 1260. The van der Waals surface area contributed by atoms with Crippen LogP contribution in [0.25, 0.3) is 10.9 Å². The SMILES string of the molecule is COc1nc2ccc(Br)cc2cc1C(c1ccccc1)C(O)(CC[N+](C)(C)C)c1ccccc1. The molecule has 0 saturated carbocycles. The van der Waals surface area contributed by atoms with Crippen molar-refractivity contribution < 1.29 is 14.3 Å². The molecule has 0 radical (unpaired) electrons. The molecule has 4 rings (SSSR count). The summed E-state index contributed by atoms with van der Waals surface area (Å²) in [7, 11) is 8.10. The highest BCUT2D eigenvalue weighted by Gasteiger charge is 2.43.